The molecular formula is C22H28N6. The summed E-state index contributed by atoms with van der Waals surface area (Å²) in [6, 6.07) is 10.3. The van der Waals surface area contributed by atoms with Crippen LogP contribution in [0, 0.1) is 13.8 Å². The van der Waals surface area contributed by atoms with E-state index in [2.05, 4.69) is 52.3 Å². The summed E-state index contributed by atoms with van der Waals surface area (Å²) >= 11 is 0. The zero-order valence-corrected chi connectivity index (χ0v) is 16.9. The topological polar surface area (TPSA) is 58.9 Å². The largest absolute Gasteiger partial charge is 0.325 e. The molecule has 0 saturated carbocycles. The first kappa shape index (κ1) is 18.6. The third kappa shape index (κ3) is 4.07. The van der Waals surface area contributed by atoms with E-state index in [0.29, 0.717) is 5.92 Å². The van der Waals surface area contributed by atoms with Gasteiger partial charge in [-0.15, -0.1) is 0 Å². The van der Waals surface area contributed by atoms with Crippen LogP contribution in [-0.4, -0.2) is 37.7 Å². The van der Waals surface area contributed by atoms with Crippen molar-refractivity contribution in [3.05, 3.63) is 65.2 Å². The number of rotatable bonds is 5. The van der Waals surface area contributed by atoms with Crippen molar-refractivity contribution in [2.24, 2.45) is 7.05 Å². The summed E-state index contributed by atoms with van der Waals surface area (Å²) in [6.45, 7) is 7.32. The molecule has 1 aliphatic heterocycles. The maximum Gasteiger partial charge on any atom is 0.134 e. The van der Waals surface area contributed by atoms with Crippen LogP contribution in [0.25, 0.3) is 0 Å². The van der Waals surface area contributed by atoms with Gasteiger partial charge in [0.15, 0.2) is 0 Å². The van der Waals surface area contributed by atoms with Crippen LogP contribution in [0.15, 0.2) is 42.7 Å². The van der Waals surface area contributed by atoms with Gasteiger partial charge < -0.3 is 5.32 Å². The molecule has 1 fully saturated rings. The fourth-order valence-electron chi connectivity index (χ4n) is 3.87. The summed E-state index contributed by atoms with van der Waals surface area (Å²) < 4.78 is 1.95. The predicted molar refractivity (Wildman–Crippen MR) is 112 cm³/mol. The van der Waals surface area contributed by atoms with Crippen molar-refractivity contribution in [3.8, 4) is 0 Å². The summed E-state index contributed by atoms with van der Waals surface area (Å²) in [6.07, 6.45) is 6.18. The van der Waals surface area contributed by atoms with Crippen LogP contribution in [0.4, 0.5) is 11.6 Å². The van der Waals surface area contributed by atoms with E-state index in [1.807, 2.05) is 30.1 Å². The van der Waals surface area contributed by atoms with Gasteiger partial charge in [-0.25, -0.2) is 9.97 Å². The monoisotopic (exact) mass is 376 g/mol. The highest BCUT2D eigenvalue weighted by molar-refractivity contribution is 5.55. The molecule has 3 aromatic heterocycles. The first-order chi connectivity index (χ1) is 13.6. The molecule has 0 spiro atoms. The summed E-state index contributed by atoms with van der Waals surface area (Å²) in [5, 5.41) is 7.75. The van der Waals surface area contributed by atoms with Crippen molar-refractivity contribution < 1.29 is 0 Å². The van der Waals surface area contributed by atoms with Gasteiger partial charge in [-0.1, -0.05) is 12.1 Å². The highest BCUT2D eigenvalue weighted by Crippen LogP contribution is 2.28. The Bertz CT molecular complexity index is 948. The molecule has 1 aliphatic rings. The molecule has 0 aliphatic carbocycles. The standard InChI is InChI=1S/C22H28N6/c1-16-7-5-11-23-22(16)26-21-10-4-9-20(25-21)18-8-6-12-28(14-18)15-19-13-24-27(3)17(19)2/h4-5,7,9-11,13,18H,6,8,12,14-15H2,1-3H3,(H,23,25,26)/t18-/m0/s1. The Morgan fingerprint density at radius 1 is 1.18 bits per heavy atom. The second kappa shape index (κ2) is 8.10. The minimum atomic E-state index is 0.456. The number of hydrogen-bond acceptors (Lipinski definition) is 5. The minimum absolute atomic E-state index is 0.456. The summed E-state index contributed by atoms with van der Waals surface area (Å²) in [5.41, 5.74) is 4.84. The molecule has 1 N–H and O–H groups in total. The maximum atomic E-state index is 4.90. The van der Waals surface area contributed by atoms with Crippen LogP contribution < -0.4 is 5.32 Å². The van der Waals surface area contributed by atoms with Gasteiger partial charge in [0.25, 0.3) is 0 Å². The number of likely N-dealkylation sites (tertiary alicyclic amines) is 1. The molecule has 3 aromatic rings. The first-order valence-electron chi connectivity index (χ1n) is 9.95. The number of anilines is 2. The lowest BCUT2D eigenvalue weighted by atomic mass is 9.94. The molecule has 1 saturated heterocycles. The molecule has 0 amide bonds. The van der Waals surface area contributed by atoms with Gasteiger partial charge in [-0.3, -0.25) is 9.58 Å². The van der Waals surface area contributed by atoms with Crippen LogP contribution in [0.5, 0.6) is 0 Å². The average Bonchev–Trinajstić information content (AvgIpc) is 3.02. The van der Waals surface area contributed by atoms with E-state index in [4.69, 9.17) is 4.98 Å². The van der Waals surface area contributed by atoms with Gasteiger partial charge in [0.2, 0.25) is 0 Å². The zero-order valence-electron chi connectivity index (χ0n) is 16.9. The summed E-state index contributed by atoms with van der Waals surface area (Å²) in [5.74, 6) is 2.18. The van der Waals surface area contributed by atoms with E-state index in [-0.39, 0.29) is 0 Å². The highest BCUT2D eigenvalue weighted by atomic mass is 15.3. The fraction of sp³-hybridized carbons (Fsp3) is 0.409. The average molecular weight is 377 g/mol. The Balaban J connectivity index is 1.46. The van der Waals surface area contributed by atoms with Crippen LogP contribution in [0.3, 0.4) is 0 Å². The molecule has 4 rings (SSSR count). The number of nitrogens with one attached hydrogen (secondary N) is 1. The zero-order chi connectivity index (χ0) is 19.5. The lowest BCUT2D eigenvalue weighted by Gasteiger charge is -2.32. The first-order valence-corrected chi connectivity index (χ1v) is 9.95. The van der Waals surface area contributed by atoms with Gasteiger partial charge >= 0.3 is 0 Å². The molecule has 0 aromatic carbocycles. The molecule has 4 heterocycles. The van der Waals surface area contributed by atoms with Crippen molar-refractivity contribution in [2.75, 3.05) is 18.4 Å². The summed E-state index contributed by atoms with van der Waals surface area (Å²) in [4.78, 5) is 11.8. The predicted octanol–water partition coefficient (Wildman–Crippen LogP) is 3.95. The number of aromatic nitrogens is 4. The Morgan fingerprint density at radius 3 is 2.86 bits per heavy atom. The molecule has 146 valence electrons. The summed E-state index contributed by atoms with van der Waals surface area (Å²) in [7, 11) is 2.00. The van der Waals surface area contributed by atoms with E-state index in [0.717, 1.165) is 42.5 Å². The molecule has 6 heteroatoms. The number of hydrogen-bond donors (Lipinski definition) is 1. The van der Waals surface area contributed by atoms with Crippen molar-refractivity contribution in [2.45, 2.75) is 39.2 Å². The van der Waals surface area contributed by atoms with Crippen molar-refractivity contribution in [1.29, 1.82) is 0 Å². The third-order valence-corrected chi connectivity index (χ3v) is 5.68. The van der Waals surface area contributed by atoms with E-state index < -0.39 is 0 Å². The Kier molecular flexibility index (Phi) is 5.39. The third-order valence-electron chi connectivity index (χ3n) is 5.68. The molecule has 0 radical (unpaired) electrons. The number of piperidine rings is 1. The van der Waals surface area contributed by atoms with Gasteiger partial charge in [0, 0.05) is 49.2 Å². The van der Waals surface area contributed by atoms with E-state index in [1.165, 1.54) is 24.1 Å². The molecular weight excluding hydrogens is 348 g/mol. The normalized spacial score (nSPS) is 17.6. The smallest absolute Gasteiger partial charge is 0.134 e. The van der Waals surface area contributed by atoms with Crippen LogP contribution in [0.2, 0.25) is 0 Å². The fourth-order valence-corrected chi connectivity index (χ4v) is 3.87. The molecule has 0 unspecified atom stereocenters. The molecule has 0 bridgehead atoms. The Labute approximate surface area is 166 Å². The van der Waals surface area contributed by atoms with Crippen molar-refractivity contribution in [1.82, 2.24) is 24.6 Å². The van der Waals surface area contributed by atoms with Crippen LogP contribution in [0.1, 0.15) is 41.3 Å². The second-order valence-corrected chi connectivity index (χ2v) is 7.69. The number of nitrogens with zero attached hydrogens (tertiary/aromatic N) is 5. The lowest BCUT2D eigenvalue weighted by Crippen LogP contribution is -2.34. The van der Waals surface area contributed by atoms with Gasteiger partial charge in [-0.2, -0.15) is 5.10 Å². The molecule has 1 atom stereocenters. The van der Waals surface area contributed by atoms with Crippen LogP contribution in [-0.2, 0) is 13.6 Å². The molecule has 28 heavy (non-hydrogen) atoms. The molecule has 6 nitrogen and oxygen atoms in total. The van der Waals surface area contributed by atoms with Gasteiger partial charge in [0.1, 0.15) is 11.6 Å². The van der Waals surface area contributed by atoms with Crippen molar-refractivity contribution >= 4 is 11.6 Å². The van der Waals surface area contributed by atoms with E-state index in [1.54, 1.807) is 6.20 Å². The van der Waals surface area contributed by atoms with Crippen LogP contribution >= 0.6 is 0 Å². The highest BCUT2D eigenvalue weighted by Gasteiger charge is 2.23. The number of aryl methyl sites for hydroxylation is 2. The SMILES string of the molecule is Cc1cccnc1Nc1cccc([C@H]2CCCN(Cc3cnn(C)c3C)C2)n1. The van der Waals surface area contributed by atoms with Crippen molar-refractivity contribution in [3.63, 3.8) is 0 Å². The van der Waals surface area contributed by atoms with E-state index in [9.17, 15) is 0 Å². The van der Waals surface area contributed by atoms with Gasteiger partial charge in [0.05, 0.1) is 6.20 Å². The quantitative estimate of drug-likeness (QED) is 0.731. The Morgan fingerprint density at radius 2 is 2.07 bits per heavy atom. The lowest BCUT2D eigenvalue weighted by molar-refractivity contribution is 0.198. The minimum Gasteiger partial charge on any atom is -0.325 e. The second-order valence-electron chi connectivity index (χ2n) is 7.69. The van der Waals surface area contributed by atoms with Gasteiger partial charge in [-0.05, 0) is 57.0 Å². The Hall–Kier alpha value is -2.73. The number of pyridine rings is 2. The maximum absolute atomic E-state index is 4.90. The van der Waals surface area contributed by atoms with E-state index >= 15 is 0 Å².